The zero-order valence-electron chi connectivity index (χ0n) is 15.3. The number of aromatic amines is 1. The Labute approximate surface area is 153 Å². The quantitative estimate of drug-likeness (QED) is 0.614. The van der Waals surface area contributed by atoms with Gasteiger partial charge in [0.25, 0.3) is 5.56 Å². The maximum absolute atomic E-state index is 12.4. The van der Waals surface area contributed by atoms with E-state index in [0.29, 0.717) is 30.9 Å². The molecule has 0 amide bonds. The maximum Gasteiger partial charge on any atom is 0.330 e. The molecule has 1 aliphatic rings. The molecule has 1 aromatic carbocycles. The number of fused-ring (bicyclic) bond motifs is 1. The van der Waals surface area contributed by atoms with Crippen molar-refractivity contribution in [2.24, 2.45) is 0 Å². The molecule has 5 nitrogen and oxygen atoms in total. The van der Waals surface area contributed by atoms with Gasteiger partial charge in [-0.2, -0.15) is 0 Å². The van der Waals surface area contributed by atoms with Crippen LogP contribution in [0.5, 0.6) is 0 Å². The second kappa shape index (κ2) is 8.32. The van der Waals surface area contributed by atoms with Gasteiger partial charge in [0.05, 0.1) is 6.61 Å². The molecule has 0 aliphatic heterocycles. The summed E-state index contributed by atoms with van der Waals surface area (Å²) in [6.45, 7) is 6.06. The van der Waals surface area contributed by atoms with E-state index >= 15 is 0 Å². The average Bonchev–Trinajstić information content (AvgIpc) is 2.64. The van der Waals surface area contributed by atoms with Gasteiger partial charge in [-0.3, -0.25) is 14.3 Å². The lowest BCUT2D eigenvalue weighted by Gasteiger charge is -2.27. The topological polar surface area (TPSA) is 64.1 Å². The van der Waals surface area contributed by atoms with E-state index in [2.05, 4.69) is 35.8 Å². The van der Waals surface area contributed by atoms with Gasteiger partial charge in [0.2, 0.25) is 0 Å². The van der Waals surface area contributed by atoms with E-state index in [9.17, 15) is 9.59 Å². The van der Waals surface area contributed by atoms with Crippen molar-refractivity contribution in [3.63, 3.8) is 0 Å². The number of ether oxygens (including phenoxy) is 1. The van der Waals surface area contributed by atoms with E-state index in [4.69, 9.17) is 4.74 Å². The second-order valence-corrected chi connectivity index (χ2v) is 6.75. The molecule has 1 N–H and O–H groups in total. The van der Waals surface area contributed by atoms with Gasteiger partial charge in [0.1, 0.15) is 6.73 Å². The van der Waals surface area contributed by atoms with Gasteiger partial charge >= 0.3 is 5.69 Å². The van der Waals surface area contributed by atoms with Crippen molar-refractivity contribution < 1.29 is 4.74 Å². The van der Waals surface area contributed by atoms with Gasteiger partial charge in [-0.1, -0.05) is 37.3 Å². The molecule has 1 unspecified atom stereocenters. The van der Waals surface area contributed by atoms with Crippen molar-refractivity contribution in [1.82, 2.24) is 9.55 Å². The fourth-order valence-corrected chi connectivity index (χ4v) is 3.92. The van der Waals surface area contributed by atoms with Crippen LogP contribution in [0.25, 0.3) is 0 Å². The maximum atomic E-state index is 12.4. The van der Waals surface area contributed by atoms with Crippen LogP contribution in [0.1, 0.15) is 48.1 Å². The zero-order chi connectivity index (χ0) is 18.5. The highest BCUT2D eigenvalue weighted by molar-refractivity contribution is 5.34. The molecular formula is C21H26N2O3. The Kier molecular flexibility index (Phi) is 5.89. The van der Waals surface area contributed by atoms with Crippen LogP contribution >= 0.6 is 0 Å². The molecule has 0 bridgehead atoms. The van der Waals surface area contributed by atoms with Gasteiger partial charge in [-0.05, 0) is 49.1 Å². The van der Waals surface area contributed by atoms with Crippen LogP contribution in [0.3, 0.4) is 0 Å². The summed E-state index contributed by atoms with van der Waals surface area (Å²) >= 11 is 0. The largest absolute Gasteiger partial charge is 0.357 e. The van der Waals surface area contributed by atoms with Crippen LogP contribution in [-0.2, 0) is 30.7 Å². The SMILES string of the molecule is C=CCOCn1c(CC2CCCc3ccccc32)c(CC)c(=O)[nH]c1=O. The lowest BCUT2D eigenvalue weighted by Crippen LogP contribution is -2.36. The highest BCUT2D eigenvalue weighted by Crippen LogP contribution is 2.34. The lowest BCUT2D eigenvalue weighted by atomic mass is 9.80. The second-order valence-electron chi connectivity index (χ2n) is 6.75. The Hall–Kier alpha value is -2.40. The third-order valence-electron chi connectivity index (χ3n) is 5.16. The number of nitrogens with zero attached hydrogens (tertiary/aromatic N) is 1. The predicted molar refractivity (Wildman–Crippen MR) is 103 cm³/mol. The van der Waals surface area contributed by atoms with Crippen LogP contribution in [0.2, 0.25) is 0 Å². The molecule has 138 valence electrons. The minimum absolute atomic E-state index is 0.123. The summed E-state index contributed by atoms with van der Waals surface area (Å²) in [6, 6.07) is 8.50. The molecule has 2 aromatic rings. The van der Waals surface area contributed by atoms with E-state index < -0.39 is 5.69 Å². The molecule has 1 aromatic heterocycles. The molecular weight excluding hydrogens is 328 g/mol. The fraction of sp³-hybridized carbons (Fsp3) is 0.429. The number of aryl methyl sites for hydroxylation is 1. The number of H-pyrrole nitrogens is 1. The first kappa shape index (κ1) is 18.4. The molecule has 26 heavy (non-hydrogen) atoms. The minimum atomic E-state index is -0.407. The highest BCUT2D eigenvalue weighted by atomic mass is 16.5. The van der Waals surface area contributed by atoms with Gasteiger partial charge in [-0.15, -0.1) is 6.58 Å². The molecule has 5 heteroatoms. The summed E-state index contributed by atoms with van der Waals surface area (Å²) in [4.78, 5) is 27.2. The van der Waals surface area contributed by atoms with E-state index in [1.165, 1.54) is 11.1 Å². The fourth-order valence-electron chi connectivity index (χ4n) is 3.92. The Morgan fingerprint density at radius 1 is 1.35 bits per heavy atom. The monoisotopic (exact) mass is 354 g/mol. The number of rotatable bonds is 7. The van der Waals surface area contributed by atoms with Gasteiger partial charge in [0.15, 0.2) is 0 Å². The predicted octanol–water partition coefficient (Wildman–Crippen LogP) is 2.92. The van der Waals surface area contributed by atoms with Crippen molar-refractivity contribution in [2.45, 2.75) is 51.7 Å². The first-order valence-electron chi connectivity index (χ1n) is 9.27. The molecule has 1 aliphatic carbocycles. The molecule has 1 heterocycles. The standard InChI is InChI=1S/C21H26N2O3/c1-3-12-26-14-23-19(17(4-2)20(24)22-21(23)25)13-16-10-7-9-15-8-5-6-11-18(15)16/h3,5-6,8,11,16H,1,4,7,9-10,12-14H2,2H3,(H,22,24,25). The van der Waals surface area contributed by atoms with Crippen molar-refractivity contribution in [3.8, 4) is 0 Å². The van der Waals surface area contributed by atoms with Gasteiger partial charge < -0.3 is 4.74 Å². The average molecular weight is 354 g/mol. The van der Waals surface area contributed by atoms with Crippen LogP contribution in [0.4, 0.5) is 0 Å². The van der Waals surface area contributed by atoms with Crippen LogP contribution in [0.15, 0.2) is 46.5 Å². The molecule has 0 saturated carbocycles. The molecule has 3 rings (SSSR count). The third kappa shape index (κ3) is 3.73. The van der Waals surface area contributed by atoms with Gasteiger partial charge in [0, 0.05) is 11.3 Å². The van der Waals surface area contributed by atoms with Crippen molar-refractivity contribution in [1.29, 1.82) is 0 Å². The summed E-state index contributed by atoms with van der Waals surface area (Å²) in [6.07, 6.45) is 6.20. The summed E-state index contributed by atoms with van der Waals surface area (Å²) in [7, 11) is 0. The Morgan fingerprint density at radius 3 is 2.92 bits per heavy atom. The lowest BCUT2D eigenvalue weighted by molar-refractivity contribution is 0.0937. The number of aromatic nitrogens is 2. The van der Waals surface area contributed by atoms with E-state index in [0.717, 1.165) is 25.0 Å². The van der Waals surface area contributed by atoms with Crippen molar-refractivity contribution >= 4 is 0 Å². The molecule has 0 saturated heterocycles. The summed E-state index contributed by atoms with van der Waals surface area (Å²) in [5.74, 6) is 0.317. The molecule has 0 fully saturated rings. The summed E-state index contributed by atoms with van der Waals surface area (Å²) in [5, 5.41) is 0. The number of benzene rings is 1. The normalized spacial score (nSPS) is 16.3. The molecule has 0 radical (unpaired) electrons. The number of nitrogens with one attached hydrogen (secondary N) is 1. The van der Waals surface area contributed by atoms with Gasteiger partial charge in [-0.25, -0.2) is 4.79 Å². The number of hydrogen-bond donors (Lipinski definition) is 1. The molecule has 0 spiro atoms. The van der Waals surface area contributed by atoms with Crippen molar-refractivity contribution in [3.05, 3.63) is 80.1 Å². The van der Waals surface area contributed by atoms with Crippen molar-refractivity contribution in [2.75, 3.05) is 6.61 Å². The molecule has 1 atom stereocenters. The minimum Gasteiger partial charge on any atom is -0.357 e. The first-order valence-corrected chi connectivity index (χ1v) is 9.27. The number of hydrogen-bond acceptors (Lipinski definition) is 3. The highest BCUT2D eigenvalue weighted by Gasteiger charge is 2.24. The Morgan fingerprint density at radius 2 is 2.15 bits per heavy atom. The first-order chi connectivity index (χ1) is 12.7. The Balaban J connectivity index is 2.02. The van der Waals surface area contributed by atoms with E-state index in [1.807, 2.05) is 6.92 Å². The van der Waals surface area contributed by atoms with Crippen LogP contribution in [-0.4, -0.2) is 16.2 Å². The smallest absolute Gasteiger partial charge is 0.330 e. The Bertz CT molecular complexity index is 895. The third-order valence-corrected chi connectivity index (χ3v) is 5.16. The van der Waals surface area contributed by atoms with E-state index in [-0.39, 0.29) is 12.3 Å². The zero-order valence-corrected chi connectivity index (χ0v) is 15.3. The van der Waals surface area contributed by atoms with E-state index in [1.54, 1.807) is 10.6 Å². The van der Waals surface area contributed by atoms with Crippen LogP contribution < -0.4 is 11.2 Å². The summed E-state index contributed by atoms with van der Waals surface area (Å²) < 4.78 is 7.08. The van der Waals surface area contributed by atoms with Crippen LogP contribution in [0, 0.1) is 0 Å². The summed E-state index contributed by atoms with van der Waals surface area (Å²) in [5.41, 5.74) is 3.50.